The van der Waals surface area contributed by atoms with Crippen LogP contribution in [0.25, 0.3) is 0 Å². The van der Waals surface area contributed by atoms with E-state index in [1.54, 1.807) is 32.0 Å². The minimum Gasteiger partial charge on any atom is -0.346 e. The molecule has 0 radical (unpaired) electrons. The molecule has 5 nitrogen and oxygen atoms in total. The number of rotatable bonds is 7. The molecule has 0 bridgehead atoms. The molecule has 0 aliphatic rings. The van der Waals surface area contributed by atoms with Gasteiger partial charge in [0.05, 0.1) is 13.1 Å². The normalized spacial score (nSPS) is 11.7. The predicted octanol–water partition coefficient (Wildman–Crippen LogP) is 3.33. The second kappa shape index (κ2) is 9.43. The second-order valence-electron chi connectivity index (χ2n) is 6.01. The Hall–Kier alpha value is -2.51. The maximum absolute atomic E-state index is 13.7. The van der Waals surface area contributed by atoms with Crippen molar-refractivity contribution in [2.75, 3.05) is 18.4 Å². The van der Waals surface area contributed by atoms with E-state index in [1.807, 2.05) is 0 Å². The highest BCUT2D eigenvalue weighted by Crippen LogP contribution is 2.22. The highest BCUT2D eigenvalue weighted by atomic mass is 35.5. The van der Waals surface area contributed by atoms with Gasteiger partial charge in [0, 0.05) is 28.4 Å². The van der Waals surface area contributed by atoms with Gasteiger partial charge in [0.15, 0.2) is 0 Å². The number of carbonyl (C=O) groups is 2. The molecule has 0 aliphatic carbocycles. The summed E-state index contributed by atoms with van der Waals surface area (Å²) < 4.78 is 26.6. The Bertz CT molecular complexity index is 846. The van der Waals surface area contributed by atoms with Gasteiger partial charge in [-0.05, 0) is 37.6 Å². The highest BCUT2D eigenvalue weighted by Gasteiger charge is 2.13. The smallest absolute Gasteiger partial charge is 0.243 e. The predicted molar refractivity (Wildman–Crippen MR) is 101 cm³/mol. The summed E-state index contributed by atoms with van der Waals surface area (Å²) >= 11 is 5.99. The Morgan fingerprint density at radius 1 is 1.11 bits per heavy atom. The highest BCUT2D eigenvalue weighted by molar-refractivity contribution is 6.31. The van der Waals surface area contributed by atoms with E-state index in [2.05, 4.69) is 16.0 Å². The first-order valence-electron chi connectivity index (χ1n) is 8.28. The standard InChI is InChI=1S/C19H20ClF2N3O2/c1-11-15(20)4-3-5-17(11)25-19(27)10-24-18(26)9-23-12(2)14-7-6-13(21)8-16(14)22/h3-8,12,23H,9-10H2,1-2H3,(H,24,26)(H,25,27)/t12-/m0/s1. The number of carbonyl (C=O) groups excluding carboxylic acids is 2. The Morgan fingerprint density at radius 3 is 2.56 bits per heavy atom. The monoisotopic (exact) mass is 395 g/mol. The molecule has 0 aliphatic heterocycles. The topological polar surface area (TPSA) is 70.2 Å². The lowest BCUT2D eigenvalue weighted by Crippen LogP contribution is -2.39. The van der Waals surface area contributed by atoms with Gasteiger partial charge in [-0.1, -0.05) is 23.7 Å². The van der Waals surface area contributed by atoms with Gasteiger partial charge in [-0.15, -0.1) is 0 Å². The Labute approximate surface area is 161 Å². The first-order chi connectivity index (χ1) is 12.8. The van der Waals surface area contributed by atoms with Crippen molar-refractivity contribution in [3.63, 3.8) is 0 Å². The molecule has 8 heteroatoms. The van der Waals surface area contributed by atoms with Crippen LogP contribution < -0.4 is 16.0 Å². The lowest BCUT2D eigenvalue weighted by Gasteiger charge is -2.15. The van der Waals surface area contributed by atoms with Crippen molar-refractivity contribution in [2.45, 2.75) is 19.9 Å². The molecule has 0 heterocycles. The van der Waals surface area contributed by atoms with Crippen molar-refractivity contribution in [1.82, 2.24) is 10.6 Å². The number of benzene rings is 2. The van der Waals surface area contributed by atoms with Crippen LogP contribution in [0.15, 0.2) is 36.4 Å². The minimum atomic E-state index is -0.688. The molecule has 0 aromatic heterocycles. The largest absolute Gasteiger partial charge is 0.346 e. The third-order valence-corrected chi connectivity index (χ3v) is 4.40. The summed E-state index contributed by atoms with van der Waals surface area (Å²) in [4.78, 5) is 23.8. The van der Waals surface area contributed by atoms with Crippen LogP contribution in [0.3, 0.4) is 0 Å². The summed E-state index contributed by atoms with van der Waals surface area (Å²) in [6.07, 6.45) is 0. The van der Waals surface area contributed by atoms with E-state index >= 15 is 0 Å². The molecule has 2 rings (SSSR count). The number of hydrogen-bond acceptors (Lipinski definition) is 3. The van der Waals surface area contributed by atoms with E-state index in [4.69, 9.17) is 11.6 Å². The summed E-state index contributed by atoms with van der Waals surface area (Å²) in [5, 5.41) is 8.49. The van der Waals surface area contributed by atoms with Crippen LogP contribution in [0.5, 0.6) is 0 Å². The average Bonchev–Trinajstić information content (AvgIpc) is 2.62. The number of nitrogens with one attached hydrogen (secondary N) is 3. The molecule has 0 saturated heterocycles. The van der Waals surface area contributed by atoms with Gasteiger partial charge in [-0.3, -0.25) is 9.59 Å². The lowest BCUT2D eigenvalue weighted by molar-refractivity contribution is -0.123. The van der Waals surface area contributed by atoms with Crippen LogP contribution in [0.1, 0.15) is 24.1 Å². The molecule has 0 fully saturated rings. The van der Waals surface area contributed by atoms with E-state index in [0.29, 0.717) is 10.7 Å². The maximum Gasteiger partial charge on any atom is 0.243 e. The van der Waals surface area contributed by atoms with E-state index in [1.165, 1.54) is 6.07 Å². The third kappa shape index (κ3) is 6.01. The molecule has 27 heavy (non-hydrogen) atoms. The van der Waals surface area contributed by atoms with E-state index < -0.39 is 29.5 Å². The van der Waals surface area contributed by atoms with Crippen LogP contribution in [0.4, 0.5) is 14.5 Å². The van der Waals surface area contributed by atoms with Crippen LogP contribution in [-0.4, -0.2) is 24.9 Å². The molecule has 2 aromatic rings. The fraction of sp³-hybridized carbons (Fsp3) is 0.263. The molecular formula is C19H20ClF2N3O2. The molecule has 2 aromatic carbocycles. The quantitative estimate of drug-likeness (QED) is 0.673. The zero-order valence-electron chi connectivity index (χ0n) is 14.9. The van der Waals surface area contributed by atoms with Gasteiger partial charge in [0.2, 0.25) is 11.8 Å². The summed E-state index contributed by atoms with van der Waals surface area (Å²) in [5.74, 6) is -2.18. The zero-order valence-corrected chi connectivity index (χ0v) is 15.7. The molecule has 0 unspecified atom stereocenters. The first kappa shape index (κ1) is 20.8. The van der Waals surface area contributed by atoms with Gasteiger partial charge in [0.25, 0.3) is 0 Å². The Morgan fingerprint density at radius 2 is 1.85 bits per heavy atom. The van der Waals surface area contributed by atoms with Gasteiger partial charge in [-0.25, -0.2) is 8.78 Å². The van der Waals surface area contributed by atoms with E-state index in [9.17, 15) is 18.4 Å². The molecule has 144 valence electrons. The van der Waals surface area contributed by atoms with E-state index in [0.717, 1.165) is 17.7 Å². The molecule has 2 amide bonds. The summed E-state index contributed by atoms with van der Waals surface area (Å²) in [6.45, 7) is 3.09. The fourth-order valence-electron chi connectivity index (χ4n) is 2.39. The van der Waals surface area contributed by atoms with Crippen LogP contribution >= 0.6 is 11.6 Å². The first-order valence-corrected chi connectivity index (χ1v) is 8.65. The summed E-state index contributed by atoms with van der Waals surface area (Å²) in [7, 11) is 0. The fourth-order valence-corrected chi connectivity index (χ4v) is 2.56. The number of amides is 2. The molecular weight excluding hydrogens is 376 g/mol. The van der Waals surface area contributed by atoms with Crippen LogP contribution in [-0.2, 0) is 9.59 Å². The number of hydrogen-bond donors (Lipinski definition) is 3. The maximum atomic E-state index is 13.7. The van der Waals surface area contributed by atoms with Crippen molar-refractivity contribution in [3.05, 3.63) is 64.2 Å². The Balaban J connectivity index is 1.78. The number of anilines is 1. The summed E-state index contributed by atoms with van der Waals surface area (Å²) in [5.41, 5.74) is 1.55. The third-order valence-electron chi connectivity index (χ3n) is 3.99. The molecule has 3 N–H and O–H groups in total. The van der Waals surface area contributed by atoms with Gasteiger partial charge < -0.3 is 16.0 Å². The van der Waals surface area contributed by atoms with Crippen molar-refractivity contribution in [3.8, 4) is 0 Å². The van der Waals surface area contributed by atoms with Crippen molar-refractivity contribution < 1.29 is 18.4 Å². The second-order valence-corrected chi connectivity index (χ2v) is 6.41. The van der Waals surface area contributed by atoms with Crippen molar-refractivity contribution in [2.24, 2.45) is 0 Å². The lowest BCUT2D eigenvalue weighted by atomic mass is 10.1. The zero-order chi connectivity index (χ0) is 20.0. The number of halogens is 3. The molecule has 0 spiro atoms. The summed E-state index contributed by atoms with van der Waals surface area (Å²) in [6, 6.07) is 7.89. The average molecular weight is 396 g/mol. The van der Waals surface area contributed by atoms with Crippen molar-refractivity contribution in [1.29, 1.82) is 0 Å². The van der Waals surface area contributed by atoms with Gasteiger partial charge in [-0.2, -0.15) is 0 Å². The minimum absolute atomic E-state index is 0.124. The Kier molecular flexibility index (Phi) is 7.27. The van der Waals surface area contributed by atoms with E-state index in [-0.39, 0.29) is 18.7 Å². The molecule has 0 saturated carbocycles. The SMILES string of the molecule is Cc1c(Cl)cccc1NC(=O)CNC(=O)CN[C@@H](C)c1ccc(F)cc1F. The van der Waals surface area contributed by atoms with Gasteiger partial charge >= 0.3 is 0 Å². The molecule has 1 atom stereocenters. The van der Waals surface area contributed by atoms with Crippen LogP contribution in [0.2, 0.25) is 5.02 Å². The van der Waals surface area contributed by atoms with Gasteiger partial charge in [0.1, 0.15) is 11.6 Å². The van der Waals surface area contributed by atoms with Crippen LogP contribution in [0, 0.1) is 18.6 Å². The van der Waals surface area contributed by atoms with Crippen molar-refractivity contribution >= 4 is 29.1 Å².